The topological polar surface area (TPSA) is 18.5 Å². The Morgan fingerprint density at radius 3 is 2.35 bits per heavy atom. The zero-order valence-electron chi connectivity index (χ0n) is 12.2. The molecular formula is C14H31N3. The summed E-state index contributed by atoms with van der Waals surface area (Å²) in [7, 11) is 4.41. The van der Waals surface area contributed by atoms with Crippen LogP contribution in [0.25, 0.3) is 0 Å². The summed E-state index contributed by atoms with van der Waals surface area (Å²) in [5.74, 6) is 0. The van der Waals surface area contributed by atoms with Crippen LogP contribution in [0.2, 0.25) is 0 Å². The molecule has 0 spiro atoms. The van der Waals surface area contributed by atoms with Gasteiger partial charge in [-0.25, -0.2) is 0 Å². The number of rotatable bonds is 7. The zero-order chi connectivity index (χ0) is 12.7. The third-order valence-electron chi connectivity index (χ3n) is 3.74. The maximum absolute atomic E-state index is 3.48. The summed E-state index contributed by atoms with van der Waals surface area (Å²) in [5.41, 5.74) is 0. The fraction of sp³-hybridized carbons (Fsp3) is 1.00. The summed E-state index contributed by atoms with van der Waals surface area (Å²) < 4.78 is 0. The molecule has 0 atom stereocenters. The van der Waals surface area contributed by atoms with Gasteiger partial charge in [0.2, 0.25) is 0 Å². The molecule has 0 unspecified atom stereocenters. The Morgan fingerprint density at radius 1 is 1.18 bits per heavy atom. The Kier molecular flexibility index (Phi) is 7.09. The molecule has 0 saturated carbocycles. The minimum atomic E-state index is 0.630. The highest BCUT2D eigenvalue weighted by molar-refractivity contribution is 4.76. The molecule has 102 valence electrons. The molecule has 3 nitrogen and oxygen atoms in total. The van der Waals surface area contributed by atoms with Crippen molar-refractivity contribution < 1.29 is 0 Å². The first-order valence-corrected chi connectivity index (χ1v) is 7.21. The van der Waals surface area contributed by atoms with E-state index in [0.717, 1.165) is 6.04 Å². The summed E-state index contributed by atoms with van der Waals surface area (Å²) in [6, 6.07) is 1.44. The minimum absolute atomic E-state index is 0.630. The van der Waals surface area contributed by atoms with Crippen molar-refractivity contribution in [2.75, 3.05) is 40.3 Å². The van der Waals surface area contributed by atoms with Crippen LogP contribution in [0.5, 0.6) is 0 Å². The minimum Gasteiger partial charge on any atom is -0.315 e. The van der Waals surface area contributed by atoms with Gasteiger partial charge in [0.1, 0.15) is 0 Å². The van der Waals surface area contributed by atoms with E-state index in [1.54, 1.807) is 0 Å². The van der Waals surface area contributed by atoms with Crippen molar-refractivity contribution >= 4 is 0 Å². The Bertz CT molecular complexity index is 184. The zero-order valence-corrected chi connectivity index (χ0v) is 12.2. The number of hydrogen-bond acceptors (Lipinski definition) is 3. The second kappa shape index (κ2) is 8.06. The van der Waals surface area contributed by atoms with Crippen LogP contribution in [-0.4, -0.2) is 62.2 Å². The summed E-state index contributed by atoms with van der Waals surface area (Å²) >= 11 is 0. The van der Waals surface area contributed by atoms with Gasteiger partial charge in [0, 0.05) is 12.1 Å². The normalized spacial score (nSPS) is 19.4. The summed E-state index contributed by atoms with van der Waals surface area (Å²) in [6.07, 6.45) is 5.34. The molecule has 0 aromatic carbocycles. The molecule has 0 aliphatic carbocycles. The monoisotopic (exact) mass is 241 g/mol. The molecule has 0 bridgehead atoms. The van der Waals surface area contributed by atoms with Gasteiger partial charge in [-0.1, -0.05) is 13.8 Å². The van der Waals surface area contributed by atoms with E-state index in [0.29, 0.717) is 6.04 Å². The number of piperidine rings is 1. The second-order valence-corrected chi connectivity index (χ2v) is 5.85. The smallest absolute Gasteiger partial charge is 0.0113 e. The lowest BCUT2D eigenvalue weighted by Gasteiger charge is -2.35. The molecule has 1 heterocycles. The van der Waals surface area contributed by atoms with Gasteiger partial charge < -0.3 is 15.1 Å². The maximum atomic E-state index is 3.48. The predicted molar refractivity (Wildman–Crippen MR) is 75.5 cm³/mol. The van der Waals surface area contributed by atoms with E-state index in [1.165, 1.54) is 51.9 Å². The molecule has 3 heteroatoms. The molecule has 0 aromatic heterocycles. The Balaban J connectivity index is 1.99. The highest BCUT2D eigenvalue weighted by Gasteiger charge is 2.19. The van der Waals surface area contributed by atoms with E-state index < -0.39 is 0 Å². The van der Waals surface area contributed by atoms with Gasteiger partial charge in [-0.2, -0.15) is 0 Å². The van der Waals surface area contributed by atoms with Crippen molar-refractivity contribution in [3.05, 3.63) is 0 Å². The van der Waals surface area contributed by atoms with Crippen LogP contribution < -0.4 is 5.32 Å². The van der Waals surface area contributed by atoms with E-state index in [4.69, 9.17) is 0 Å². The van der Waals surface area contributed by atoms with Crippen LogP contribution in [0.4, 0.5) is 0 Å². The van der Waals surface area contributed by atoms with Gasteiger partial charge in [-0.05, 0) is 66.0 Å². The number of nitrogens with one attached hydrogen (secondary N) is 1. The number of likely N-dealkylation sites (tertiary alicyclic amines) is 1. The van der Waals surface area contributed by atoms with Crippen molar-refractivity contribution in [1.29, 1.82) is 0 Å². The van der Waals surface area contributed by atoms with Crippen molar-refractivity contribution in [1.82, 2.24) is 15.1 Å². The average Bonchev–Trinajstić information content (AvgIpc) is 2.29. The van der Waals surface area contributed by atoms with Crippen molar-refractivity contribution in [2.45, 2.75) is 51.6 Å². The molecule has 0 aromatic rings. The lowest BCUT2D eigenvalue weighted by atomic mass is 10.0. The van der Waals surface area contributed by atoms with Crippen LogP contribution >= 0.6 is 0 Å². The summed E-state index contributed by atoms with van der Waals surface area (Å²) in [4.78, 5) is 5.01. The molecule has 1 rings (SSSR count). The second-order valence-electron chi connectivity index (χ2n) is 5.85. The fourth-order valence-electron chi connectivity index (χ4n) is 2.51. The fourth-order valence-corrected chi connectivity index (χ4v) is 2.51. The first-order valence-electron chi connectivity index (χ1n) is 7.21. The Hall–Kier alpha value is -0.120. The van der Waals surface area contributed by atoms with Crippen LogP contribution in [0.15, 0.2) is 0 Å². The highest BCUT2D eigenvalue weighted by Crippen LogP contribution is 2.14. The third kappa shape index (κ3) is 6.39. The van der Waals surface area contributed by atoms with Crippen LogP contribution in [0.3, 0.4) is 0 Å². The van der Waals surface area contributed by atoms with E-state index >= 15 is 0 Å². The lowest BCUT2D eigenvalue weighted by molar-refractivity contribution is 0.143. The number of nitrogens with zero attached hydrogens (tertiary/aromatic N) is 2. The van der Waals surface area contributed by atoms with Gasteiger partial charge in [-0.15, -0.1) is 0 Å². The van der Waals surface area contributed by atoms with E-state index in [2.05, 4.69) is 43.1 Å². The summed E-state index contributed by atoms with van der Waals surface area (Å²) in [6.45, 7) is 9.48. The van der Waals surface area contributed by atoms with E-state index in [-0.39, 0.29) is 0 Å². The molecular weight excluding hydrogens is 210 g/mol. The maximum Gasteiger partial charge on any atom is 0.0113 e. The van der Waals surface area contributed by atoms with Crippen molar-refractivity contribution in [2.24, 2.45) is 0 Å². The van der Waals surface area contributed by atoms with Gasteiger partial charge in [0.25, 0.3) is 0 Å². The molecule has 0 radical (unpaired) electrons. The SMILES string of the molecule is CC(C)NCCCCN1CCC(N(C)C)CC1. The third-order valence-corrected chi connectivity index (χ3v) is 3.74. The molecule has 0 amide bonds. The molecule has 1 N–H and O–H groups in total. The average molecular weight is 241 g/mol. The van der Waals surface area contributed by atoms with E-state index in [9.17, 15) is 0 Å². The van der Waals surface area contributed by atoms with Gasteiger partial charge in [-0.3, -0.25) is 0 Å². The Labute approximate surface area is 108 Å². The van der Waals surface area contributed by atoms with Gasteiger partial charge >= 0.3 is 0 Å². The number of unbranched alkanes of at least 4 members (excludes halogenated alkanes) is 1. The standard InChI is InChI=1S/C14H31N3/c1-13(2)15-9-5-6-10-17-11-7-14(8-12-17)16(3)4/h13-15H,5-12H2,1-4H3. The summed E-state index contributed by atoms with van der Waals surface area (Å²) in [5, 5.41) is 3.48. The predicted octanol–water partition coefficient (Wildman–Crippen LogP) is 1.79. The molecule has 17 heavy (non-hydrogen) atoms. The first kappa shape index (κ1) is 14.9. The van der Waals surface area contributed by atoms with Crippen molar-refractivity contribution in [3.8, 4) is 0 Å². The molecule has 1 aliphatic heterocycles. The molecule has 1 aliphatic rings. The van der Waals surface area contributed by atoms with E-state index in [1.807, 2.05) is 0 Å². The van der Waals surface area contributed by atoms with Gasteiger partial charge in [0.15, 0.2) is 0 Å². The largest absolute Gasteiger partial charge is 0.315 e. The van der Waals surface area contributed by atoms with Crippen molar-refractivity contribution in [3.63, 3.8) is 0 Å². The lowest BCUT2D eigenvalue weighted by Crippen LogP contribution is -2.42. The quantitative estimate of drug-likeness (QED) is 0.686. The highest BCUT2D eigenvalue weighted by atomic mass is 15.2. The molecule has 1 saturated heterocycles. The van der Waals surface area contributed by atoms with Crippen LogP contribution in [0, 0.1) is 0 Å². The van der Waals surface area contributed by atoms with Gasteiger partial charge in [0.05, 0.1) is 0 Å². The molecule has 1 fully saturated rings. The van der Waals surface area contributed by atoms with Crippen LogP contribution in [-0.2, 0) is 0 Å². The first-order chi connectivity index (χ1) is 8.09. The number of hydrogen-bond donors (Lipinski definition) is 1. The Morgan fingerprint density at radius 2 is 1.82 bits per heavy atom. The van der Waals surface area contributed by atoms with Crippen LogP contribution in [0.1, 0.15) is 39.5 Å².